The average Bonchev–Trinajstić information content (AvgIpc) is 2.89. The van der Waals surface area contributed by atoms with E-state index in [2.05, 4.69) is 41.9 Å². The van der Waals surface area contributed by atoms with Crippen molar-refractivity contribution in [1.82, 2.24) is 5.32 Å². The Bertz CT molecular complexity index is 1580. The molecule has 4 rings (SSSR count). The lowest BCUT2D eigenvalue weighted by Crippen LogP contribution is -2.54. The first-order chi connectivity index (χ1) is 18.0. The van der Waals surface area contributed by atoms with E-state index < -0.39 is 33.9 Å². The van der Waals surface area contributed by atoms with Gasteiger partial charge >= 0.3 is 22.1 Å². The van der Waals surface area contributed by atoms with Gasteiger partial charge < -0.3 is 8.92 Å². The molecule has 1 N–H and O–H groups in total. The van der Waals surface area contributed by atoms with E-state index in [4.69, 9.17) is 4.18 Å². The summed E-state index contributed by atoms with van der Waals surface area (Å²) in [7, 11) is -2.92. The number of halogens is 2. The summed E-state index contributed by atoms with van der Waals surface area (Å²) in [4.78, 5) is 50.5. The van der Waals surface area contributed by atoms with Crippen LogP contribution in [0.2, 0.25) is 0 Å². The van der Waals surface area contributed by atoms with Gasteiger partial charge in [-0.15, -0.1) is 0 Å². The number of carbonyl (C=O) groups is 4. The molecule has 0 aromatic heterocycles. The molecule has 0 unspecified atom stereocenters. The summed E-state index contributed by atoms with van der Waals surface area (Å²) in [5.74, 6) is -2.45. The first kappa shape index (κ1) is 27.2. The number of carbonyl (C=O) groups excluding carboxylic acids is 4. The predicted octanol–water partition coefficient (Wildman–Crippen LogP) is 4.43. The molecule has 13 heteroatoms. The van der Waals surface area contributed by atoms with Gasteiger partial charge in [0.25, 0.3) is 11.8 Å². The second-order valence-electron chi connectivity index (χ2n) is 7.66. The van der Waals surface area contributed by atoms with Gasteiger partial charge in [0.1, 0.15) is 10.5 Å². The first-order valence-corrected chi connectivity index (χ1v) is 13.6. The Hall–Kier alpha value is -3.81. The van der Waals surface area contributed by atoms with Crippen LogP contribution in [0.1, 0.15) is 15.9 Å². The van der Waals surface area contributed by atoms with Gasteiger partial charge in [-0.3, -0.25) is 14.9 Å². The highest BCUT2D eigenvalue weighted by molar-refractivity contribution is 9.11. The summed E-state index contributed by atoms with van der Waals surface area (Å²) < 4.78 is 35.6. The molecule has 1 heterocycles. The van der Waals surface area contributed by atoms with E-state index in [-0.39, 0.29) is 36.4 Å². The van der Waals surface area contributed by atoms with Gasteiger partial charge in [0.2, 0.25) is 0 Å². The van der Waals surface area contributed by atoms with E-state index in [1.54, 1.807) is 18.2 Å². The lowest BCUT2D eigenvalue weighted by molar-refractivity contribution is -0.122. The standard InChI is InChI=1S/C25H16Br2N2O8S/c1-36-24(32)15-7-9-16(10-8-15)29-23(31)18(22(30)28-25(29)33)11-14-12-19(26)21(20(27)13-14)37-38(34,35)17-5-3-2-4-6-17/h2-13H,1H3,(H,28,30,33)/b18-11+. The number of barbiturate groups is 1. The van der Waals surface area contributed by atoms with Gasteiger partial charge in [-0.05, 0) is 92.0 Å². The quantitative estimate of drug-likeness (QED) is 0.177. The van der Waals surface area contributed by atoms with Crippen LogP contribution in [0.4, 0.5) is 10.5 Å². The predicted molar refractivity (Wildman–Crippen MR) is 143 cm³/mol. The molecule has 0 saturated carbocycles. The molecule has 0 radical (unpaired) electrons. The molecular formula is C25H16Br2N2O8S. The number of methoxy groups -OCH3 is 1. The SMILES string of the molecule is COC(=O)c1ccc(N2C(=O)NC(=O)/C(=C\c3cc(Br)c(OS(=O)(=O)c4ccccc4)c(Br)c3)C2=O)cc1. The normalized spacial score (nSPS) is 14.9. The van der Waals surface area contributed by atoms with E-state index in [1.165, 1.54) is 61.7 Å². The number of imide groups is 2. The summed E-state index contributed by atoms with van der Waals surface area (Å²) in [6, 6.07) is 15.0. The van der Waals surface area contributed by atoms with E-state index in [0.717, 1.165) is 4.90 Å². The molecule has 0 spiro atoms. The molecule has 194 valence electrons. The zero-order valence-electron chi connectivity index (χ0n) is 19.3. The molecular weight excluding hydrogens is 648 g/mol. The summed E-state index contributed by atoms with van der Waals surface area (Å²) in [6.07, 6.45) is 1.24. The molecule has 10 nitrogen and oxygen atoms in total. The van der Waals surface area contributed by atoms with E-state index in [1.807, 2.05) is 0 Å². The molecule has 1 saturated heterocycles. The molecule has 1 aliphatic heterocycles. The van der Waals surface area contributed by atoms with Crippen LogP contribution in [0, 0.1) is 0 Å². The van der Waals surface area contributed by atoms with E-state index >= 15 is 0 Å². The zero-order chi connectivity index (χ0) is 27.6. The Balaban J connectivity index is 1.65. The van der Waals surface area contributed by atoms with Gasteiger partial charge in [0.15, 0.2) is 5.75 Å². The van der Waals surface area contributed by atoms with Crippen LogP contribution in [0.15, 0.2) is 86.1 Å². The van der Waals surface area contributed by atoms with E-state index in [0.29, 0.717) is 5.56 Å². The maximum Gasteiger partial charge on any atom is 0.339 e. The maximum absolute atomic E-state index is 13.2. The molecule has 0 atom stereocenters. The smallest absolute Gasteiger partial charge is 0.339 e. The number of benzene rings is 3. The second-order valence-corrected chi connectivity index (χ2v) is 10.9. The van der Waals surface area contributed by atoms with Crippen molar-refractivity contribution in [3.05, 3.63) is 92.4 Å². The number of hydrogen-bond acceptors (Lipinski definition) is 8. The lowest BCUT2D eigenvalue weighted by atomic mass is 10.1. The fraction of sp³-hybridized carbons (Fsp3) is 0.0400. The number of nitrogens with one attached hydrogen (secondary N) is 1. The molecule has 0 aliphatic carbocycles. The van der Waals surface area contributed by atoms with Crippen molar-refractivity contribution in [3.63, 3.8) is 0 Å². The summed E-state index contributed by atoms with van der Waals surface area (Å²) in [6.45, 7) is 0. The Morgan fingerprint density at radius 1 is 0.947 bits per heavy atom. The largest absolute Gasteiger partial charge is 0.465 e. The van der Waals surface area contributed by atoms with Gasteiger partial charge in [0, 0.05) is 0 Å². The minimum absolute atomic E-state index is 0.0427. The third-order valence-corrected chi connectivity index (χ3v) is 7.62. The number of amides is 4. The molecule has 3 aromatic carbocycles. The third-order valence-electron chi connectivity index (χ3n) is 5.20. The van der Waals surface area contributed by atoms with Crippen molar-refractivity contribution < 1.29 is 36.5 Å². The maximum atomic E-state index is 13.2. The lowest BCUT2D eigenvalue weighted by Gasteiger charge is -2.26. The van der Waals surface area contributed by atoms with E-state index in [9.17, 15) is 27.6 Å². The Labute approximate surface area is 233 Å². The number of urea groups is 1. The third kappa shape index (κ3) is 5.54. The molecule has 4 amide bonds. The second kappa shape index (κ2) is 10.9. The van der Waals surface area contributed by atoms with Crippen LogP contribution >= 0.6 is 31.9 Å². The number of rotatable bonds is 6. The first-order valence-electron chi connectivity index (χ1n) is 10.6. The van der Waals surface area contributed by atoms with Crippen molar-refractivity contribution in [3.8, 4) is 5.75 Å². The van der Waals surface area contributed by atoms with Crippen LogP contribution in [0.3, 0.4) is 0 Å². The monoisotopic (exact) mass is 662 g/mol. The minimum Gasteiger partial charge on any atom is -0.465 e. The number of nitrogens with zero attached hydrogens (tertiary/aromatic N) is 1. The van der Waals surface area contributed by atoms with Gasteiger partial charge in [0.05, 0.1) is 27.3 Å². The van der Waals surface area contributed by atoms with Crippen molar-refractivity contribution in [2.75, 3.05) is 12.0 Å². The number of anilines is 1. The topological polar surface area (TPSA) is 136 Å². The Kier molecular flexibility index (Phi) is 7.81. The molecule has 38 heavy (non-hydrogen) atoms. The van der Waals surface area contributed by atoms with Gasteiger partial charge in [-0.1, -0.05) is 18.2 Å². The number of hydrogen-bond donors (Lipinski definition) is 1. The van der Waals surface area contributed by atoms with Crippen molar-refractivity contribution in [2.24, 2.45) is 0 Å². The van der Waals surface area contributed by atoms with Crippen LogP contribution in [0.5, 0.6) is 5.75 Å². The highest BCUT2D eigenvalue weighted by Gasteiger charge is 2.37. The Morgan fingerprint density at radius 3 is 2.13 bits per heavy atom. The number of ether oxygens (including phenoxy) is 1. The van der Waals surface area contributed by atoms with Gasteiger partial charge in [-0.25, -0.2) is 14.5 Å². The van der Waals surface area contributed by atoms with Crippen LogP contribution in [0.25, 0.3) is 6.08 Å². The molecule has 3 aromatic rings. The minimum atomic E-state index is -4.14. The van der Waals surface area contributed by atoms with Crippen molar-refractivity contribution >= 4 is 77.6 Å². The fourth-order valence-electron chi connectivity index (χ4n) is 3.41. The number of esters is 1. The fourth-order valence-corrected chi connectivity index (χ4v) is 5.99. The zero-order valence-corrected chi connectivity index (χ0v) is 23.3. The summed E-state index contributed by atoms with van der Waals surface area (Å²) in [5, 5.41) is 2.11. The summed E-state index contributed by atoms with van der Waals surface area (Å²) in [5.41, 5.74) is 0.295. The molecule has 1 aliphatic rings. The van der Waals surface area contributed by atoms with Crippen molar-refractivity contribution in [1.29, 1.82) is 0 Å². The van der Waals surface area contributed by atoms with Gasteiger partial charge in [-0.2, -0.15) is 8.42 Å². The average molecular weight is 664 g/mol. The van der Waals surface area contributed by atoms with Crippen LogP contribution in [-0.2, 0) is 24.4 Å². The van der Waals surface area contributed by atoms with Crippen molar-refractivity contribution in [2.45, 2.75) is 4.90 Å². The molecule has 1 fully saturated rings. The highest BCUT2D eigenvalue weighted by Crippen LogP contribution is 2.37. The Morgan fingerprint density at radius 2 is 1.55 bits per heavy atom. The highest BCUT2D eigenvalue weighted by atomic mass is 79.9. The molecule has 0 bridgehead atoms. The van der Waals surface area contributed by atoms with Crippen LogP contribution in [-0.4, -0.2) is 39.3 Å². The summed E-state index contributed by atoms with van der Waals surface area (Å²) >= 11 is 6.53. The van der Waals surface area contributed by atoms with Crippen LogP contribution < -0.4 is 14.4 Å².